The maximum atomic E-state index is 12.1. The Bertz CT molecular complexity index is 799. The summed E-state index contributed by atoms with van der Waals surface area (Å²) in [6.45, 7) is 1.81. The summed E-state index contributed by atoms with van der Waals surface area (Å²) in [4.78, 5) is 31.0. The number of nitrogens with zero attached hydrogens (tertiary/aromatic N) is 4. The van der Waals surface area contributed by atoms with Crippen molar-refractivity contribution in [1.82, 2.24) is 24.9 Å². The van der Waals surface area contributed by atoms with Gasteiger partial charge in [0.05, 0.1) is 6.33 Å². The summed E-state index contributed by atoms with van der Waals surface area (Å²) in [5.41, 5.74) is 2.15. The standard InChI is InChI=1S/C12H9ClN6O/c1-6-4-7(2-3-14-6)11(20)19-12-17-9(13)8-10(18-12)16-5-15-8/h2-5H,1H3,(H2,15,16,17,18,19,20). The first-order valence-electron chi connectivity index (χ1n) is 5.74. The van der Waals surface area contributed by atoms with E-state index in [1.807, 2.05) is 0 Å². The molecule has 3 rings (SSSR count). The van der Waals surface area contributed by atoms with Crippen molar-refractivity contribution in [2.75, 3.05) is 5.32 Å². The van der Waals surface area contributed by atoms with Crippen LogP contribution in [0.1, 0.15) is 16.1 Å². The van der Waals surface area contributed by atoms with Crippen LogP contribution in [0, 0.1) is 6.92 Å². The summed E-state index contributed by atoms with van der Waals surface area (Å²) in [5, 5.41) is 2.78. The van der Waals surface area contributed by atoms with Crippen LogP contribution < -0.4 is 5.32 Å². The molecule has 3 aromatic rings. The Morgan fingerprint density at radius 1 is 1.35 bits per heavy atom. The average Bonchev–Trinajstić information content (AvgIpc) is 2.87. The number of hydrogen-bond acceptors (Lipinski definition) is 5. The maximum Gasteiger partial charge on any atom is 0.258 e. The molecular weight excluding hydrogens is 280 g/mol. The van der Waals surface area contributed by atoms with E-state index in [0.29, 0.717) is 16.7 Å². The van der Waals surface area contributed by atoms with Gasteiger partial charge in [-0.25, -0.2) is 4.98 Å². The minimum Gasteiger partial charge on any atom is -0.341 e. The van der Waals surface area contributed by atoms with E-state index in [4.69, 9.17) is 11.6 Å². The molecule has 2 N–H and O–H groups in total. The van der Waals surface area contributed by atoms with Crippen molar-refractivity contribution in [3.05, 3.63) is 41.1 Å². The van der Waals surface area contributed by atoms with Gasteiger partial charge in [0.1, 0.15) is 5.52 Å². The van der Waals surface area contributed by atoms with Crippen molar-refractivity contribution < 1.29 is 4.79 Å². The number of H-pyrrole nitrogens is 1. The zero-order chi connectivity index (χ0) is 14.1. The predicted octanol–water partition coefficient (Wildman–Crippen LogP) is 1.96. The second kappa shape index (κ2) is 4.86. The number of amides is 1. The molecule has 3 heterocycles. The number of halogens is 1. The molecule has 0 aliphatic rings. The van der Waals surface area contributed by atoms with Gasteiger partial charge in [-0.3, -0.25) is 15.1 Å². The number of imidazole rings is 1. The molecule has 0 unspecified atom stereocenters. The fraction of sp³-hybridized carbons (Fsp3) is 0.0833. The second-order valence-electron chi connectivity index (χ2n) is 4.08. The molecule has 0 atom stereocenters. The van der Waals surface area contributed by atoms with Gasteiger partial charge in [-0.15, -0.1) is 0 Å². The lowest BCUT2D eigenvalue weighted by Gasteiger charge is -2.04. The van der Waals surface area contributed by atoms with Crippen LogP contribution in [0.3, 0.4) is 0 Å². The molecule has 7 nitrogen and oxygen atoms in total. The predicted molar refractivity (Wildman–Crippen MR) is 73.6 cm³/mol. The number of fused-ring (bicyclic) bond motifs is 1. The third kappa shape index (κ3) is 2.30. The molecule has 0 saturated heterocycles. The van der Waals surface area contributed by atoms with Crippen LogP contribution in [0.4, 0.5) is 5.95 Å². The van der Waals surface area contributed by atoms with E-state index < -0.39 is 0 Å². The molecule has 0 saturated carbocycles. The van der Waals surface area contributed by atoms with Crippen LogP contribution in [0.15, 0.2) is 24.7 Å². The Morgan fingerprint density at radius 2 is 2.20 bits per heavy atom. The van der Waals surface area contributed by atoms with E-state index in [1.54, 1.807) is 25.3 Å². The van der Waals surface area contributed by atoms with Crippen LogP contribution in [0.2, 0.25) is 5.15 Å². The van der Waals surface area contributed by atoms with E-state index in [9.17, 15) is 4.79 Å². The molecule has 0 spiro atoms. The Balaban J connectivity index is 1.91. The van der Waals surface area contributed by atoms with Crippen molar-refractivity contribution in [2.24, 2.45) is 0 Å². The molecule has 8 heteroatoms. The summed E-state index contributed by atoms with van der Waals surface area (Å²) in [5.74, 6) is -0.226. The van der Waals surface area contributed by atoms with E-state index in [2.05, 4.69) is 30.2 Å². The largest absolute Gasteiger partial charge is 0.341 e. The zero-order valence-electron chi connectivity index (χ0n) is 10.4. The monoisotopic (exact) mass is 288 g/mol. The fourth-order valence-electron chi connectivity index (χ4n) is 1.71. The van der Waals surface area contributed by atoms with Gasteiger partial charge in [0.2, 0.25) is 5.95 Å². The Kier molecular flexibility index (Phi) is 3.03. The minimum absolute atomic E-state index is 0.106. The highest BCUT2D eigenvalue weighted by Gasteiger charge is 2.12. The molecular formula is C12H9ClN6O. The van der Waals surface area contributed by atoms with Crippen LogP contribution in [-0.2, 0) is 0 Å². The summed E-state index contributed by atoms with van der Waals surface area (Å²) >= 11 is 5.97. The third-order valence-electron chi connectivity index (χ3n) is 2.63. The Hall–Kier alpha value is -2.54. The number of aromatic nitrogens is 5. The van der Waals surface area contributed by atoms with Gasteiger partial charge in [-0.1, -0.05) is 11.6 Å². The zero-order valence-corrected chi connectivity index (χ0v) is 11.1. The number of carbonyl (C=O) groups is 1. The van der Waals surface area contributed by atoms with Gasteiger partial charge in [-0.05, 0) is 19.1 Å². The number of nitrogens with one attached hydrogen (secondary N) is 2. The molecule has 20 heavy (non-hydrogen) atoms. The maximum absolute atomic E-state index is 12.1. The van der Waals surface area contributed by atoms with Crippen LogP contribution in [-0.4, -0.2) is 30.8 Å². The van der Waals surface area contributed by atoms with Gasteiger partial charge in [-0.2, -0.15) is 9.97 Å². The molecule has 1 amide bonds. The van der Waals surface area contributed by atoms with Crippen LogP contribution >= 0.6 is 11.6 Å². The number of aryl methyl sites for hydroxylation is 1. The minimum atomic E-state index is -0.332. The molecule has 0 fully saturated rings. The third-order valence-corrected chi connectivity index (χ3v) is 2.90. The Labute approximate surface area is 118 Å². The first-order valence-corrected chi connectivity index (χ1v) is 6.12. The quantitative estimate of drug-likeness (QED) is 0.703. The first-order chi connectivity index (χ1) is 9.63. The number of pyridine rings is 1. The highest BCUT2D eigenvalue weighted by molar-refractivity contribution is 6.33. The number of rotatable bonds is 2. The highest BCUT2D eigenvalue weighted by atomic mass is 35.5. The van der Waals surface area contributed by atoms with Crippen molar-refractivity contribution in [3.8, 4) is 0 Å². The summed E-state index contributed by atoms with van der Waals surface area (Å²) < 4.78 is 0. The number of hydrogen-bond donors (Lipinski definition) is 2. The highest BCUT2D eigenvalue weighted by Crippen LogP contribution is 2.18. The lowest BCUT2D eigenvalue weighted by molar-refractivity contribution is 0.102. The molecule has 0 radical (unpaired) electrons. The molecule has 0 aliphatic heterocycles. The van der Waals surface area contributed by atoms with E-state index >= 15 is 0 Å². The van der Waals surface area contributed by atoms with Gasteiger partial charge in [0.15, 0.2) is 10.8 Å². The van der Waals surface area contributed by atoms with Crippen molar-refractivity contribution in [3.63, 3.8) is 0 Å². The number of carbonyl (C=O) groups excluding carboxylic acids is 1. The van der Waals surface area contributed by atoms with Crippen molar-refractivity contribution in [2.45, 2.75) is 6.92 Å². The van der Waals surface area contributed by atoms with Gasteiger partial charge < -0.3 is 4.98 Å². The summed E-state index contributed by atoms with van der Waals surface area (Å²) in [7, 11) is 0. The van der Waals surface area contributed by atoms with Crippen LogP contribution in [0.25, 0.3) is 11.2 Å². The smallest absolute Gasteiger partial charge is 0.258 e. The fourth-order valence-corrected chi connectivity index (χ4v) is 1.93. The molecule has 0 aliphatic carbocycles. The second-order valence-corrected chi connectivity index (χ2v) is 4.44. The van der Waals surface area contributed by atoms with Crippen molar-refractivity contribution >= 4 is 34.6 Å². The molecule has 0 bridgehead atoms. The lowest BCUT2D eigenvalue weighted by atomic mass is 10.2. The molecule has 0 aromatic carbocycles. The Morgan fingerprint density at radius 3 is 3.00 bits per heavy atom. The lowest BCUT2D eigenvalue weighted by Crippen LogP contribution is -2.14. The normalized spacial score (nSPS) is 10.7. The average molecular weight is 289 g/mol. The summed E-state index contributed by atoms with van der Waals surface area (Å²) in [6.07, 6.45) is 3.03. The topological polar surface area (TPSA) is 96.5 Å². The van der Waals surface area contributed by atoms with Crippen molar-refractivity contribution in [1.29, 1.82) is 0 Å². The summed E-state index contributed by atoms with van der Waals surface area (Å²) in [6, 6.07) is 3.28. The first kappa shape index (κ1) is 12.5. The van der Waals surface area contributed by atoms with Gasteiger partial charge >= 0.3 is 0 Å². The van der Waals surface area contributed by atoms with Gasteiger partial charge in [0, 0.05) is 17.5 Å². The van der Waals surface area contributed by atoms with Gasteiger partial charge in [0.25, 0.3) is 5.91 Å². The van der Waals surface area contributed by atoms with E-state index in [1.165, 1.54) is 6.33 Å². The SMILES string of the molecule is Cc1cc(C(=O)Nc2nc(Cl)c3[nH]cnc3n2)ccn1. The van der Waals surface area contributed by atoms with E-state index in [-0.39, 0.29) is 17.0 Å². The number of anilines is 1. The molecule has 3 aromatic heterocycles. The van der Waals surface area contributed by atoms with E-state index in [0.717, 1.165) is 5.69 Å². The number of aromatic amines is 1. The van der Waals surface area contributed by atoms with Crippen LogP contribution in [0.5, 0.6) is 0 Å². The molecule has 100 valence electrons.